The standard InChI is InChI=1S/C18H21N3O3/c1-23-12-3-6-20-14(8-19-16(20)7-12)17(22)21-11-18(4-2-5-18)13-9-24-10-15(13)21/h3,6-8,13,15H,2,4-5,9-11H2,1H3/t13-,15-/m1/s1. The molecule has 0 aromatic carbocycles. The number of ether oxygens (including phenoxy) is 2. The van der Waals surface area contributed by atoms with E-state index in [1.165, 1.54) is 19.3 Å². The summed E-state index contributed by atoms with van der Waals surface area (Å²) in [5, 5.41) is 0. The van der Waals surface area contributed by atoms with Crippen molar-refractivity contribution in [3.05, 3.63) is 30.2 Å². The number of hydrogen-bond acceptors (Lipinski definition) is 4. The molecule has 2 aromatic heterocycles. The third-order valence-corrected chi connectivity index (χ3v) is 6.27. The highest BCUT2D eigenvalue weighted by Gasteiger charge is 2.58. The number of aromatic nitrogens is 2. The van der Waals surface area contributed by atoms with Crippen LogP contribution in [0.15, 0.2) is 24.5 Å². The van der Waals surface area contributed by atoms with E-state index in [4.69, 9.17) is 9.47 Å². The molecule has 0 N–H and O–H groups in total. The van der Waals surface area contributed by atoms with Gasteiger partial charge >= 0.3 is 0 Å². The van der Waals surface area contributed by atoms with E-state index in [0.717, 1.165) is 24.5 Å². The summed E-state index contributed by atoms with van der Waals surface area (Å²) in [6.45, 7) is 2.34. The molecule has 0 bridgehead atoms. The van der Waals surface area contributed by atoms with Gasteiger partial charge in [-0.25, -0.2) is 4.98 Å². The molecule has 1 aliphatic carbocycles. The van der Waals surface area contributed by atoms with Gasteiger partial charge in [-0.05, 0) is 24.3 Å². The zero-order valence-corrected chi connectivity index (χ0v) is 13.8. The fourth-order valence-corrected chi connectivity index (χ4v) is 4.79. The van der Waals surface area contributed by atoms with Crippen LogP contribution in [0.2, 0.25) is 0 Å². The third kappa shape index (κ3) is 1.80. The number of carbonyl (C=O) groups is 1. The smallest absolute Gasteiger partial charge is 0.272 e. The second kappa shape index (κ2) is 4.96. The number of carbonyl (C=O) groups excluding carboxylic acids is 1. The molecular formula is C18H21N3O3. The van der Waals surface area contributed by atoms with Crippen LogP contribution in [0.3, 0.4) is 0 Å². The van der Waals surface area contributed by atoms with Gasteiger partial charge in [0, 0.05) is 24.7 Å². The lowest BCUT2D eigenvalue weighted by molar-refractivity contribution is 0.0448. The molecule has 0 unspecified atom stereocenters. The molecule has 5 rings (SSSR count). The van der Waals surface area contributed by atoms with Gasteiger partial charge in [0.15, 0.2) is 0 Å². The molecular weight excluding hydrogens is 306 g/mol. The zero-order chi connectivity index (χ0) is 16.3. The lowest BCUT2D eigenvalue weighted by atomic mass is 9.62. The summed E-state index contributed by atoms with van der Waals surface area (Å²) in [7, 11) is 1.63. The molecule has 126 valence electrons. The van der Waals surface area contributed by atoms with E-state index in [0.29, 0.717) is 23.6 Å². The molecule has 2 atom stereocenters. The average Bonchev–Trinajstić information content (AvgIpc) is 3.25. The number of hydrogen-bond donors (Lipinski definition) is 0. The van der Waals surface area contributed by atoms with Gasteiger partial charge in [0.2, 0.25) is 0 Å². The highest BCUT2D eigenvalue weighted by molar-refractivity contribution is 5.94. The van der Waals surface area contributed by atoms with E-state index in [-0.39, 0.29) is 11.9 Å². The monoisotopic (exact) mass is 327 g/mol. The van der Waals surface area contributed by atoms with E-state index in [9.17, 15) is 4.79 Å². The maximum Gasteiger partial charge on any atom is 0.272 e. The zero-order valence-electron chi connectivity index (χ0n) is 13.8. The Labute approximate surface area is 140 Å². The van der Waals surface area contributed by atoms with Crippen molar-refractivity contribution < 1.29 is 14.3 Å². The summed E-state index contributed by atoms with van der Waals surface area (Å²) >= 11 is 0. The first-order valence-corrected chi connectivity index (χ1v) is 8.62. The molecule has 6 nitrogen and oxygen atoms in total. The predicted octanol–water partition coefficient (Wildman–Crippen LogP) is 1.98. The molecule has 24 heavy (non-hydrogen) atoms. The highest BCUT2D eigenvalue weighted by Crippen LogP contribution is 2.55. The van der Waals surface area contributed by atoms with Gasteiger partial charge in [0.25, 0.3) is 5.91 Å². The Bertz CT molecular complexity index is 811. The summed E-state index contributed by atoms with van der Waals surface area (Å²) in [4.78, 5) is 19.7. The number of imidazole rings is 1. The van der Waals surface area contributed by atoms with Crippen molar-refractivity contribution in [3.63, 3.8) is 0 Å². The van der Waals surface area contributed by atoms with Crippen molar-refractivity contribution in [1.29, 1.82) is 0 Å². The lowest BCUT2D eigenvalue weighted by Gasteiger charge is -2.41. The largest absolute Gasteiger partial charge is 0.497 e. The minimum Gasteiger partial charge on any atom is -0.497 e. The summed E-state index contributed by atoms with van der Waals surface area (Å²) in [6.07, 6.45) is 7.26. The van der Waals surface area contributed by atoms with Crippen molar-refractivity contribution in [2.45, 2.75) is 25.3 Å². The maximum atomic E-state index is 13.2. The van der Waals surface area contributed by atoms with Gasteiger partial charge in [-0.2, -0.15) is 0 Å². The Morgan fingerprint density at radius 1 is 1.42 bits per heavy atom. The summed E-state index contributed by atoms with van der Waals surface area (Å²) in [5.41, 5.74) is 1.66. The van der Waals surface area contributed by atoms with E-state index in [1.807, 2.05) is 27.6 Å². The van der Waals surface area contributed by atoms with Crippen LogP contribution in [0.25, 0.3) is 5.65 Å². The minimum atomic E-state index is 0.0666. The van der Waals surface area contributed by atoms with Crippen molar-refractivity contribution >= 4 is 11.6 Å². The first-order chi connectivity index (χ1) is 11.7. The second-order valence-electron chi connectivity index (χ2n) is 7.30. The fourth-order valence-electron chi connectivity index (χ4n) is 4.79. The SMILES string of the molecule is COc1ccn2c(C(=O)N3CC4(CCC4)[C@@H]4COC[C@H]43)cnc2c1. The quantitative estimate of drug-likeness (QED) is 0.846. The molecule has 6 heteroatoms. The second-order valence-corrected chi connectivity index (χ2v) is 7.30. The third-order valence-electron chi connectivity index (χ3n) is 6.27. The van der Waals surface area contributed by atoms with Gasteiger partial charge in [-0.1, -0.05) is 6.42 Å². The number of pyridine rings is 1. The van der Waals surface area contributed by atoms with Crippen molar-refractivity contribution in [2.75, 3.05) is 26.9 Å². The number of nitrogens with zero attached hydrogens (tertiary/aromatic N) is 3. The summed E-state index contributed by atoms with van der Waals surface area (Å²) in [6, 6.07) is 3.92. The Hall–Kier alpha value is -2.08. The molecule has 2 aliphatic heterocycles. The lowest BCUT2D eigenvalue weighted by Crippen LogP contribution is -2.40. The first-order valence-electron chi connectivity index (χ1n) is 8.62. The van der Waals surface area contributed by atoms with Gasteiger partial charge in [0.1, 0.15) is 17.1 Å². The molecule has 3 fully saturated rings. The molecule has 2 saturated heterocycles. The van der Waals surface area contributed by atoms with Crippen molar-refractivity contribution in [2.24, 2.45) is 11.3 Å². The van der Waals surface area contributed by atoms with Crippen LogP contribution in [-0.2, 0) is 4.74 Å². The Kier molecular flexibility index (Phi) is 2.95. The predicted molar refractivity (Wildman–Crippen MR) is 87.2 cm³/mol. The maximum absolute atomic E-state index is 13.2. The Balaban J connectivity index is 1.50. The Morgan fingerprint density at radius 2 is 2.29 bits per heavy atom. The topological polar surface area (TPSA) is 56.1 Å². The van der Waals surface area contributed by atoms with E-state index >= 15 is 0 Å². The van der Waals surface area contributed by atoms with Crippen LogP contribution in [0.5, 0.6) is 5.75 Å². The van der Waals surface area contributed by atoms with Crippen molar-refractivity contribution in [1.82, 2.24) is 14.3 Å². The molecule has 4 heterocycles. The summed E-state index contributed by atoms with van der Waals surface area (Å²) in [5.74, 6) is 1.32. The van der Waals surface area contributed by atoms with E-state index < -0.39 is 0 Å². The number of likely N-dealkylation sites (tertiary alicyclic amines) is 1. The number of methoxy groups -OCH3 is 1. The first kappa shape index (κ1) is 14.3. The van der Waals surface area contributed by atoms with Crippen LogP contribution in [0.4, 0.5) is 0 Å². The van der Waals surface area contributed by atoms with Gasteiger partial charge in [0.05, 0.1) is 32.6 Å². The van der Waals surface area contributed by atoms with E-state index in [1.54, 1.807) is 13.3 Å². The summed E-state index contributed by atoms with van der Waals surface area (Å²) < 4.78 is 12.8. The van der Waals surface area contributed by atoms with Crippen LogP contribution in [0.1, 0.15) is 29.8 Å². The number of amides is 1. The molecule has 2 aromatic rings. The van der Waals surface area contributed by atoms with Gasteiger partial charge in [-0.15, -0.1) is 0 Å². The number of rotatable bonds is 2. The highest BCUT2D eigenvalue weighted by atomic mass is 16.5. The van der Waals surface area contributed by atoms with Crippen LogP contribution >= 0.6 is 0 Å². The van der Waals surface area contributed by atoms with Crippen LogP contribution in [0, 0.1) is 11.3 Å². The molecule has 1 saturated carbocycles. The molecule has 0 radical (unpaired) electrons. The minimum absolute atomic E-state index is 0.0666. The van der Waals surface area contributed by atoms with Gasteiger partial charge in [-0.3, -0.25) is 9.20 Å². The molecule has 1 amide bonds. The number of fused-ring (bicyclic) bond motifs is 3. The van der Waals surface area contributed by atoms with Crippen molar-refractivity contribution in [3.8, 4) is 5.75 Å². The fraction of sp³-hybridized carbons (Fsp3) is 0.556. The molecule has 3 aliphatic rings. The van der Waals surface area contributed by atoms with Crippen LogP contribution in [-0.4, -0.2) is 53.1 Å². The molecule has 1 spiro atoms. The normalized spacial score (nSPS) is 27.5. The van der Waals surface area contributed by atoms with Crippen LogP contribution < -0.4 is 4.74 Å². The average molecular weight is 327 g/mol. The van der Waals surface area contributed by atoms with Gasteiger partial charge < -0.3 is 14.4 Å². The Morgan fingerprint density at radius 3 is 3.04 bits per heavy atom. The van der Waals surface area contributed by atoms with E-state index in [2.05, 4.69) is 4.98 Å².